The van der Waals surface area contributed by atoms with E-state index in [0.29, 0.717) is 30.8 Å². The summed E-state index contributed by atoms with van der Waals surface area (Å²) >= 11 is 0. The molecule has 1 unspecified atom stereocenters. The molecule has 0 radical (unpaired) electrons. The van der Waals surface area contributed by atoms with Crippen LogP contribution in [0.5, 0.6) is 0 Å². The van der Waals surface area contributed by atoms with Gasteiger partial charge in [0.15, 0.2) is 0 Å². The Hall–Kier alpha value is -2.53. The van der Waals surface area contributed by atoms with Crippen LogP contribution in [0.4, 0.5) is 11.4 Å². The van der Waals surface area contributed by atoms with Crippen molar-refractivity contribution >= 4 is 35.6 Å². The molecule has 0 aromatic heterocycles. The van der Waals surface area contributed by atoms with Crippen LogP contribution in [0.3, 0.4) is 0 Å². The molecule has 2 aromatic rings. The summed E-state index contributed by atoms with van der Waals surface area (Å²) in [6.07, 6.45) is 0.634. The van der Waals surface area contributed by atoms with Crippen molar-refractivity contribution in [2.45, 2.75) is 26.3 Å². The first-order valence-electron chi connectivity index (χ1n) is 8.56. The molecule has 1 saturated heterocycles. The van der Waals surface area contributed by atoms with E-state index in [0.717, 1.165) is 11.3 Å². The molecule has 1 atom stereocenters. The molecule has 1 aliphatic rings. The van der Waals surface area contributed by atoms with Gasteiger partial charge in [-0.2, -0.15) is 0 Å². The summed E-state index contributed by atoms with van der Waals surface area (Å²) in [6.45, 7) is 4.88. The zero-order chi connectivity index (χ0) is 18.0. The van der Waals surface area contributed by atoms with Crippen LogP contribution < -0.4 is 10.6 Å². The minimum Gasteiger partial charge on any atom is -0.399 e. The van der Waals surface area contributed by atoms with Crippen molar-refractivity contribution in [1.82, 2.24) is 4.90 Å². The number of para-hydroxylation sites is 1. The summed E-state index contributed by atoms with van der Waals surface area (Å²) < 4.78 is 0. The largest absolute Gasteiger partial charge is 0.399 e. The monoisotopic (exact) mass is 373 g/mol. The highest BCUT2D eigenvalue weighted by Crippen LogP contribution is 2.26. The maximum absolute atomic E-state index is 13.0. The zero-order valence-corrected chi connectivity index (χ0v) is 15.8. The quantitative estimate of drug-likeness (QED) is 0.836. The molecular formula is C20H24ClN3O2. The second kappa shape index (κ2) is 8.23. The van der Waals surface area contributed by atoms with Crippen molar-refractivity contribution in [2.75, 3.05) is 23.7 Å². The van der Waals surface area contributed by atoms with Crippen molar-refractivity contribution in [3.63, 3.8) is 0 Å². The summed E-state index contributed by atoms with van der Waals surface area (Å²) in [5.41, 5.74) is 8.69. The Morgan fingerprint density at radius 1 is 1.23 bits per heavy atom. The fourth-order valence-electron chi connectivity index (χ4n) is 3.35. The van der Waals surface area contributed by atoms with E-state index >= 15 is 0 Å². The van der Waals surface area contributed by atoms with E-state index in [1.54, 1.807) is 21.9 Å². The maximum atomic E-state index is 13.0. The Kier molecular flexibility index (Phi) is 6.27. The molecule has 26 heavy (non-hydrogen) atoms. The second-order valence-electron chi connectivity index (χ2n) is 6.30. The SMILES string of the molecule is CCN(C(=O)c1cc(N)ccc1C)C1CCN(c2ccccc2)C1=O.Cl. The molecule has 0 bridgehead atoms. The lowest BCUT2D eigenvalue weighted by Gasteiger charge is -2.27. The van der Waals surface area contributed by atoms with Crippen molar-refractivity contribution < 1.29 is 9.59 Å². The van der Waals surface area contributed by atoms with Gasteiger partial charge in [-0.1, -0.05) is 24.3 Å². The molecule has 138 valence electrons. The fourth-order valence-corrected chi connectivity index (χ4v) is 3.35. The van der Waals surface area contributed by atoms with Crippen LogP contribution >= 0.6 is 12.4 Å². The Balaban J connectivity index is 0.00000243. The van der Waals surface area contributed by atoms with Crippen LogP contribution in [0.2, 0.25) is 0 Å². The van der Waals surface area contributed by atoms with Gasteiger partial charge in [0.2, 0.25) is 5.91 Å². The normalized spacial score (nSPS) is 16.3. The number of hydrogen-bond acceptors (Lipinski definition) is 3. The molecule has 5 nitrogen and oxygen atoms in total. The van der Waals surface area contributed by atoms with Gasteiger partial charge in [0.1, 0.15) is 6.04 Å². The van der Waals surface area contributed by atoms with E-state index in [9.17, 15) is 9.59 Å². The topological polar surface area (TPSA) is 66.6 Å². The number of anilines is 2. The number of rotatable bonds is 4. The molecular weight excluding hydrogens is 350 g/mol. The maximum Gasteiger partial charge on any atom is 0.254 e. The Labute approximate surface area is 160 Å². The third-order valence-electron chi connectivity index (χ3n) is 4.71. The van der Waals surface area contributed by atoms with Gasteiger partial charge in [0.05, 0.1) is 0 Å². The van der Waals surface area contributed by atoms with Crippen LogP contribution in [-0.2, 0) is 4.79 Å². The van der Waals surface area contributed by atoms with Gasteiger partial charge in [-0.15, -0.1) is 12.4 Å². The lowest BCUT2D eigenvalue weighted by Crippen LogP contribution is -2.45. The number of nitrogens with zero attached hydrogens (tertiary/aromatic N) is 2. The van der Waals surface area contributed by atoms with E-state index < -0.39 is 6.04 Å². The fraction of sp³-hybridized carbons (Fsp3) is 0.300. The van der Waals surface area contributed by atoms with Crippen LogP contribution in [0.15, 0.2) is 48.5 Å². The molecule has 2 N–H and O–H groups in total. The molecule has 2 aromatic carbocycles. The zero-order valence-electron chi connectivity index (χ0n) is 15.0. The summed E-state index contributed by atoms with van der Waals surface area (Å²) in [6, 6.07) is 14.5. The standard InChI is InChI=1S/C20H23N3O2.ClH/c1-3-22(19(24)17-13-15(21)10-9-14(17)2)18-11-12-23(20(18)25)16-7-5-4-6-8-16;/h4-10,13,18H,3,11-12,21H2,1-2H3;1H. The average Bonchev–Trinajstić information content (AvgIpc) is 3.00. The van der Waals surface area contributed by atoms with Crippen LogP contribution in [0.25, 0.3) is 0 Å². The highest BCUT2D eigenvalue weighted by atomic mass is 35.5. The number of carbonyl (C=O) groups is 2. The number of nitrogen functional groups attached to an aromatic ring is 1. The third-order valence-corrected chi connectivity index (χ3v) is 4.71. The van der Waals surface area contributed by atoms with Crippen molar-refractivity contribution in [3.8, 4) is 0 Å². The number of likely N-dealkylation sites (N-methyl/N-ethyl adjacent to an activating group) is 1. The molecule has 1 heterocycles. The van der Waals surface area contributed by atoms with Crippen LogP contribution in [-0.4, -0.2) is 35.8 Å². The number of nitrogens with two attached hydrogens (primary N) is 1. The van der Waals surface area contributed by atoms with Crippen molar-refractivity contribution in [1.29, 1.82) is 0 Å². The molecule has 1 fully saturated rings. The van der Waals surface area contributed by atoms with Crippen molar-refractivity contribution in [2.24, 2.45) is 0 Å². The highest BCUT2D eigenvalue weighted by Gasteiger charge is 2.38. The van der Waals surface area contributed by atoms with E-state index in [2.05, 4.69) is 0 Å². The van der Waals surface area contributed by atoms with E-state index in [1.807, 2.05) is 50.2 Å². The van der Waals surface area contributed by atoms with Gasteiger partial charge >= 0.3 is 0 Å². The van der Waals surface area contributed by atoms with Crippen LogP contribution in [0, 0.1) is 6.92 Å². The van der Waals surface area contributed by atoms with Gasteiger partial charge in [-0.25, -0.2) is 0 Å². The molecule has 0 saturated carbocycles. The Morgan fingerprint density at radius 2 is 1.92 bits per heavy atom. The molecule has 2 amide bonds. The molecule has 6 heteroatoms. The lowest BCUT2D eigenvalue weighted by molar-refractivity contribution is -0.120. The first-order valence-corrected chi connectivity index (χ1v) is 8.56. The number of amides is 2. The minimum atomic E-state index is -0.432. The summed E-state index contributed by atoms with van der Waals surface area (Å²) in [5.74, 6) is -0.163. The molecule has 0 aliphatic carbocycles. The van der Waals surface area contributed by atoms with Gasteiger partial charge < -0.3 is 15.5 Å². The average molecular weight is 374 g/mol. The van der Waals surface area contributed by atoms with E-state index in [1.165, 1.54) is 0 Å². The second-order valence-corrected chi connectivity index (χ2v) is 6.30. The summed E-state index contributed by atoms with van der Waals surface area (Å²) in [7, 11) is 0. The summed E-state index contributed by atoms with van der Waals surface area (Å²) in [5, 5.41) is 0. The minimum absolute atomic E-state index is 0. The smallest absolute Gasteiger partial charge is 0.254 e. The Morgan fingerprint density at radius 3 is 2.58 bits per heavy atom. The number of carbonyl (C=O) groups excluding carboxylic acids is 2. The van der Waals surface area contributed by atoms with Crippen molar-refractivity contribution in [3.05, 3.63) is 59.7 Å². The van der Waals surface area contributed by atoms with E-state index in [4.69, 9.17) is 5.73 Å². The Bertz CT molecular complexity index is 795. The first-order chi connectivity index (χ1) is 12.0. The molecule has 1 aliphatic heterocycles. The lowest BCUT2D eigenvalue weighted by atomic mass is 10.0. The van der Waals surface area contributed by atoms with Gasteiger partial charge in [0.25, 0.3) is 5.91 Å². The van der Waals surface area contributed by atoms with Gasteiger partial charge in [-0.3, -0.25) is 9.59 Å². The predicted molar refractivity (Wildman–Crippen MR) is 107 cm³/mol. The number of hydrogen-bond donors (Lipinski definition) is 1. The number of aryl methyl sites for hydroxylation is 1. The first kappa shape index (κ1) is 19.8. The number of benzene rings is 2. The van der Waals surface area contributed by atoms with Gasteiger partial charge in [-0.05, 0) is 50.1 Å². The third kappa shape index (κ3) is 3.68. The predicted octanol–water partition coefficient (Wildman–Crippen LogP) is 3.27. The molecule has 0 spiro atoms. The highest BCUT2D eigenvalue weighted by molar-refractivity contribution is 6.04. The van der Waals surface area contributed by atoms with E-state index in [-0.39, 0.29) is 24.2 Å². The van der Waals surface area contributed by atoms with Gasteiger partial charge in [0, 0.05) is 30.0 Å². The van der Waals surface area contributed by atoms with Crippen LogP contribution in [0.1, 0.15) is 29.3 Å². The number of halogens is 1. The molecule has 3 rings (SSSR count). The summed E-state index contributed by atoms with van der Waals surface area (Å²) in [4.78, 5) is 29.3.